The number of nitro groups is 1. The Labute approximate surface area is 198 Å². The smallest absolute Gasteiger partial charge is 0.378 e. The highest BCUT2D eigenvalue weighted by atomic mass is 19.4. The average Bonchev–Trinajstić information content (AvgIpc) is 3.10. The molecule has 0 fully saturated rings. The third kappa shape index (κ3) is 4.94. The maximum atomic E-state index is 13.8. The minimum absolute atomic E-state index is 0.478. The van der Waals surface area contributed by atoms with Crippen LogP contribution in [-0.4, -0.2) is 50.6 Å². The van der Waals surface area contributed by atoms with Gasteiger partial charge in [-0.3, -0.25) is 10.1 Å². The number of imidazole rings is 1. The largest absolute Gasteiger partial charge is 0.474 e. The Kier molecular flexibility index (Phi) is 7.04. The lowest BCUT2D eigenvalue weighted by atomic mass is 10.0. The molecule has 0 saturated carbocycles. The SMILES string of the molecule is O=C(OC(F)(F)C(F)(F)C(F)(F)C(F)(F)C(F)(F)F)n1c(C(F)(F)F)nc2c([N+](=O)[O-])cc(C(F)(F)F)cc21. The zero-order valence-electron chi connectivity index (χ0n) is 17.1. The van der Waals surface area contributed by atoms with Crippen molar-refractivity contribution in [3.8, 4) is 0 Å². The first-order valence-corrected chi connectivity index (χ1v) is 8.69. The molecule has 0 spiro atoms. The number of hydrogen-bond donors (Lipinski definition) is 0. The third-order valence-electron chi connectivity index (χ3n) is 4.43. The zero-order valence-corrected chi connectivity index (χ0v) is 17.1. The van der Waals surface area contributed by atoms with Gasteiger partial charge >= 0.3 is 48.5 Å². The summed E-state index contributed by atoms with van der Waals surface area (Å²) in [5.41, 5.74) is -8.32. The van der Waals surface area contributed by atoms with E-state index in [1.807, 2.05) is 0 Å². The summed E-state index contributed by atoms with van der Waals surface area (Å²) in [6.07, 6.45) is -30.9. The first-order chi connectivity index (χ1) is 17.0. The molecular formula is C15H2F17N3O4. The predicted octanol–water partition coefficient (Wildman–Crippen LogP) is 7.03. The van der Waals surface area contributed by atoms with E-state index in [9.17, 15) is 89.5 Å². The van der Waals surface area contributed by atoms with Gasteiger partial charge in [-0.15, -0.1) is 0 Å². The molecule has 39 heavy (non-hydrogen) atoms. The molecule has 0 unspecified atom stereocenters. The van der Waals surface area contributed by atoms with Crippen LogP contribution in [0.2, 0.25) is 0 Å². The van der Waals surface area contributed by atoms with E-state index in [0.29, 0.717) is 0 Å². The normalized spacial score (nSPS) is 14.6. The van der Waals surface area contributed by atoms with Crippen LogP contribution in [-0.2, 0) is 17.1 Å². The number of ether oxygens (including phenoxy) is 1. The first kappa shape index (κ1) is 31.6. The summed E-state index contributed by atoms with van der Waals surface area (Å²) in [6, 6.07) is -1.11. The average molecular weight is 611 g/mol. The molecule has 0 aliphatic rings. The number of nitrogens with zero attached hydrogens (tertiary/aromatic N) is 3. The molecule has 7 nitrogen and oxygen atoms in total. The second kappa shape index (κ2) is 8.69. The second-order valence-corrected chi connectivity index (χ2v) is 6.99. The standard InChI is InChI=1S/C15H2F17N3O4/c16-9(17,18)3-1-4-6(5(2-3)35(37)38)33-7(10(19,20)21)34(4)8(36)39-15(31,32)13(26,27)11(22,23)12(24,25)14(28,29)30/h1-2H. The lowest BCUT2D eigenvalue weighted by molar-refractivity contribution is -0.448. The number of nitro benzene ring substituents is 1. The Morgan fingerprint density at radius 1 is 0.769 bits per heavy atom. The molecule has 0 N–H and O–H groups in total. The van der Waals surface area contributed by atoms with Gasteiger partial charge in [0.05, 0.1) is 16.0 Å². The molecule has 2 rings (SSSR count). The van der Waals surface area contributed by atoms with Crippen LogP contribution in [0.4, 0.5) is 85.1 Å². The second-order valence-electron chi connectivity index (χ2n) is 6.99. The number of aromatic nitrogens is 2. The topological polar surface area (TPSA) is 87.3 Å². The van der Waals surface area contributed by atoms with Crippen molar-refractivity contribution in [3.63, 3.8) is 0 Å². The highest BCUT2D eigenvalue weighted by Gasteiger charge is 2.88. The van der Waals surface area contributed by atoms with Gasteiger partial charge in [0.2, 0.25) is 5.82 Å². The summed E-state index contributed by atoms with van der Waals surface area (Å²) in [4.78, 5) is 23.4. The van der Waals surface area contributed by atoms with Crippen LogP contribution < -0.4 is 0 Å². The molecule has 0 amide bonds. The van der Waals surface area contributed by atoms with Crippen LogP contribution in [0.1, 0.15) is 11.4 Å². The van der Waals surface area contributed by atoms with Gasteiger partial charge in [0.25, 0.3) is 5.69 Å². The van der Waals surface area contributed by atoms with Gasteiger partial charge in [-0.25, -0.2) is 14.3 Å². The Balaban J connectivity index is 2.82. The number of carbonyl (C=O) groups excluding carboxylic acids is 1. The third-order valence-corrected chi connectivity index (χ3v) is 4.43. The molecule has 0 bridgehead atoms. The Morgan fingerprint density at radius 3 is 1.64 bits per heavy atom. The summed E-state index contributed by atoms with van der Waals surface area (Å²) in [5, 5.41) is 11.0. The fourth-order valence-electron chi connectivity index (χ4n) is 2.61. The molecule has 0 saturated heterocycles. The summed E-state index contributed by atoms with van der Waals surface area (Å²) < 4.78 is 223. The van der Waals surface area contributed by atoms with Crippen LogP contribution in [0, 0.1) is 10.1 Å². The van der Waals surface area contributed by atoms with Crippen molar-refractivity contribution < 1.29 is 89.1 Å². The molecule has 1 heterocycles. The zero-order chi connectivity index (χ0) is 30.9. The summed E-state index contributed by atoms with van der Waals surface area (Å²) in [5.74, 6) is -27.3. The van der Waals surface area contributed by atoms with E-state index in [1.54, 1.807) is 0 Å². The van der Waals surface area contributed by atoms with Crippen molar-refractivity contribution in [3.05, 3.63) is 33.6 Å². The molecule has 0 aliphatic heterocycles. The van der Waals surface area contributed by atoms with Crippen molar-refractivity contribution in [2.24, 2.45) is 0 Å². The van der Waals surface area contributed by atoms with Gasteiger partial charge in [0.1, 0.15) is 0 Å². The van der Waals surface area contributed by atoms with Gasteiger partial charge in [-0.1, -0.05) is 0 Å². The number of fused-ring (bicyclic) bond motifs is 1. The lowest BCUT2D eigenvalue weighted by Gasteiger charge is -2.36. The highest BCUT2D eigenvalue weighted by molar-refractivity contribution is 5.93. The van der Waals surface area contributed by atoms with E-state index in [4.69, 9.17) is 0 Å². The molecule has 0 radical (unpaired) electrons. The van der Waals surface area contributed by atoms with E-state index in [0.717, 1.165) is 0 Å². The molecule has 0 aliphatic carbocycles. The predicted molar refractivity (Wildman–Crippen MR) is 84.1 cm³/mol. The Morgan fingerprint density at radius 2 is 1.26 bits per heavy atom. The quantitative estimate of drug-likeness (QED) is 0.206. The van der Waals surface area contributed by atoms with Crippen molar-refractivity contribution in [2.45, 2.75) is 42.4 Å². The molecule has 0 atom stereocenters. The number of rotatable bonds is 5. The first-order valence-electron chi connectivity index (χ1n) is 8.69. The number of halogens is 17. The van der Waals surface area contributed by atoms with Gasteiger partial charge in [0, 0.05) is 6.07 Å². The van der Waals surface area contributed by atoms with Crippen molar-refractivity contribution >= 4 is 22.8 Å². The van der Waals surface area contributed by atoms with Gasteiger partial charge in [0.15, 0.2) is 5.52 Å². The molecule has 1 aromatic heterocycles. The van der Waals surface area contributed by atoms with E-state index >= 15 is 0 Å². The molecule has 24 heteroatoms. The minimum atomic E-state index is -8.17. The molecule has 2 aromatic rings. The summed E-state index contributed by atoms with van der Waals surface area (Å²) >= 11 is 0. The number of non-ortho nitro benzene ring substituents is 1. The fourth-order valence-corrected chi connectivity index (χ4v) is 2.61. The monoisotopic (exact) mass is 611 g/mol. The van der Waals surface area contributed by atoms with Crippen molar-refractivity contribution in [1.82, 2.24) is 9.55 Å². The lowest BCUT2D eigenvalue weighted by Crippen LogP contribution is -2.67. The maximum absolute atomic E-state index is 13.8. The van der Waals surface area contributed by atoms with Crippen LogP contribution in [0.15, 0.2) is 12.1 Å². The highest BCUT2D eigenvalue weighted by Crippen LogP contribution is 2.57. The molecule has 220 valence electrons. The maximum Gasteiger partial charge on any atom is 0.474 e. The Hall–Kier alpha value is -3.63. The van der Waals surface area contributed by atoms with Gasteiger partial charge in [-0.05, 0) is 6.07 Å². The van der Waals surface area contributed by atoms with E-state index in [-0.39, 0.29) is 0 Å². The van der Waals surface area contributed by atoms with Crippen LogP contribution >= 0.6 is 0 Å². The van der Waals surface area contributed by atoms with Gasteiger partial charge < -0.3 is 4.74 Å². The van der Waals surface area contributed by atoms with Crippen molar-refractivity contribution in [2.75, 3.05) is 0 Å². The number of alkyl halides is 17. The van der Waals surface area contributed by atoms with Crippen LogP contribution in [0.5, 0.6) is 0 Å². The van der Waals surface area contributed by atoms with Gasteiger partial charge in [-0.2, -0.15) is 74.6 Å². The minimum Gasteiger partial charge on any atom is -0.378 e. The van der Waals surface area contributed by atoms with Crippen molar-refractivity contribution in [1.29, 1.82) is 0 Å². The number of benzene rings is 1. The van der Waals surface area contributed by atoms with E-state index in [2.05, 4.69) is 9.72 Å². The number of hydrogen-bond acceptors (Lipinski definition) is 5. The summed E-state index contributed by atoms with van der Waals surface area (Å²) in [6.45, 7) is 0. The fraction of sp³-hybridized carbons (Fsp3) is 0.467. The molecule has 1 aromatic carbocycles. The van der Waals surface area contributed by atoms with E-state index in [1.165, 1.54) is 0 Å². The number of carbonyl (C=O) groups is 1. The summed E-state index contributed by atoms with van der Waals surface area (Å²) in [7, 11) is 0. The molecular weight excluding hydrogens is 609 g/mol. The Bertz CT molecular complexity index is 1310. The van der Waals surface area contributed by atoms with E-state index < -0.39 is 98.2 Å². The van der Waals surface area contributed by atoms with Crippen LogP contribution in [0.25, 0.3) is 11.0 Å². The van der Waals surface area contributed by atoms with Crippen LogP contribution in [0.3, 0.4) is 0 Å².